The third-order valence-corrected chi connectivity index (χ3v) is 5.73. The summed E-state index contributed by atoms with van der Waals surface area (Å²) < 4.78 is 27.2. The molecule has 26 heavy (non-hydrogen) atoms. The second-order valence-corrected chi connectivity index (χ2v) is 8.22. The zero-order chi connectivity index (χ0) is 19.2. The van der Waals surface area contributed by atoms with E-state index in [0.29, 0.717) is 18.2 Å². The highest BCUT2D eigenvalue weighted by Gasteiger charge is 2.23. The molecule has 8 nitrogen and oxygen atoms in total. The Bertz CT molecular complexity index is 728. The molecule has 4 N–H and O–H groups in total. The standard InChI is InChI=1S/C17H26N4O4S/c1-12(17(23)19-11-14-4-3-9-18-10-14)21-26(24,25)16-7-5-15(6-8-16)20-13(2)22/h5-8,12,14,18,21H,3-4,9-11H2,1-2H3,(H,19,23)(H,20,22). The fourth-order valence-electron chi connectivity index (χ4n) is 2.77. The number of sulfonamides is 1. The SMILES string of the molecule is CC(=O)Nc1ccc(S(=O)(=O)NC(C)C(=O)NCC2CCCNC2)cc1. The number of piperidine rings is 1. The maximum atomic E-state index is 12.4. The van der Waals surface area contributed by atoms with E-state index in [-0.39, 0.29) is 16.7 Å². The number of benzene rings is 1. The number of nitrogens with one attached hydrogen (secondary N) is 4. The van der Waals surface area contributed by atoms with Crippen LogP contribution in [-0.2, 0) is 19.6 Å². The molecule has 1 aromatic carbocycles. The van der Waals surface area contributed by atoms with Crippen LogP contribution in [-0.4, -0.2) is 45.9 Å². The van der Waals surface area contributed by atoms with Crippen LogP contribution in [0.4, 0.5) is 5.69 Å². The monoisotopic (exact) mass is 382 g/mol. The Labute approximate surface area is 154 Å². The van der Waals surface area contributed by atoms with Crippen LogP contribution in [0.3, 0.4) is 0 Å². The summed E-state index contributed by atoms with van der Waals surface area (Å²) in [5.74, 6) is -0.218. The van der Waals surface area contributed by atoms with Crippen molar-refractivity contribution in [2.24, 2.45) is 5.92 Å². The molecule has 0 radical (unpaired) electrons. The first-order valence-electron chi connectivity index (χ1n) is 8.66. The van der Waals surface area contributed by atoms with Crippen LogP contribution in [0.15, 0.2) is 29.2 Å². The third-order valence-electron chi connectivity index (χ3n) is 4.17. The van der Waals surface area contributed by atoms with E-state index in [1.165, 1.54) is 38.1 Å². The van der Waals surface area contributed by atoms with Crippen LogP contribution in [0.25, 0.3) is 0 Å². The van der Waals surface area contributed by atoms with Crippen LogP contribution in [0, 0.1) is 5.92 Å². The van der Waals surface area contributed by atoms with Gasteiger partial charge in [0.15, 0.2) is 0 Å². The minimum Gasteiger partial charge on any atom is -0.354 e. The third kappa shape index (κ3) is 6.08. The molecule has 1 aliphatic rings. The number of anilines is 1. The second-order valence-electron chi connectivity index (χ2n) is 6.51. The normalized spacial score (nSPS) is 18.8. The Balaban J connectivity index is 1.90. The summed E-state index contributed by atoms with van der Waals surface area (Å²) in [5.41, 5.74) is 0.503. The van der Waals surface area contributed by atoms with Gasteiger partial charge >= 0.3 is 0 Å². The summed E-state index contributed by atoms with van der Waals surface area (Å²) in [6, 6.07) is 4.87. The van der Waals surface area contributed by atoms with E-state index in [4.69, 9.17) is 0 Å². The number of hydrogen-bond donors (Lipinski definition) is 4. The molecular formula is C17H26N4O4S. The molecule has 2 unspecified atom stereocenters. The maximum Gasteiger partial charge on any atom is 0.241 e. The van der Waals surface area contributed by atoms with Gasteiger partial charge in [-0.2, -0.15) is 4.72 Å². The van der Waals surface area contributed by atoms with Crippen LogP contribution >= 0.6 is 0 Å². The van der Waals surface area contributed by atoms with E-state index in [0.717, 1.165) is 25.9 Å². The van der Waals surface area contributed by atoms with Gasteiger partial charge in [-0.15, -0.1) is 0 Å². The van der Waals surface area contributed by atoms with Crippen molar-refractivity contribution in [2.75, 3.05) is 25.0 Å². The van der Waals surface area contributed by atoms with Gasteiger partial charge in [0.25, 0.3) is 0 Å². The fraction of sp³-hybridized carbons (Fsp3) is 0.529. The molecule has 2 atom stereocenters. The molecule has 1 aliphatic heterocycles. The van der Waals surface area contributed by atoms with E-state index >= 15 is 0 Å². The van der Waals surface area contributed by atoms with Crippen molar-refractivity contribution in [3.63, 3.8) is 0 Å². The number of hydrogen-bond acceptors (Lipinski definition) is 5. The van der Waals surface area contributed by atoms with E-state index in [2.05, 4.69) is 20.7 Å². The first-order valence-corrected chi connectivity index (χ1v) is 10.1. The first-order chi connectivity index (χ1) is 12.3. The van der Waals surface area contributed by atoms with Gasteiger partial charge in [-0.3, -0.25) is 9.59 Å². The second kappa shape index (κ2) is 9.11. The van der Waals surface area contributed by atoms with Crippen molar-refractivity contribution in [2.45, 2.75) is 37.6 Å². The van der Waals surface area contributed by atoms with E-state index in [9.17, 15) is 18.0 Å². The quantitative estimate of drug-likeness (QED) is 0.546. The topological polar surface area (TPSA) is 116 Å². The van der Waals surface area contributed by atoms with Crippen molar-refractivity contribution < 1.29 is 18.0 Å². The van der Waals surface area contributed by atoms with E-state index < -0.39 is 16.1 Å². The van der Waals surface area contributed by atoms with Crippen molar-refractivity contribution in [1.29, 1.82) is 0 Å². The van der Waals surface area contributed by atoms with E-state index in [1.807, 2.05) is 0 Å². The number of carbonyl (C=O) groups is 2. The highest BCUT2D eigenvalue weighted by molar-refractivity contribution is 7.89. The predicted molar refractivity (Wildman–Crippen MR) is 99.1 cm³/mol. The number of carbonyl (C=O) groups excluding carboxylic acids is 2. The molecule has 144 valence electrons. The summed E-state index contributed by atoms with van der Waals surface area (Å²) in [4.78, 5) is 23.2. The molecule has 2 amide bonds. The summed E-state index contributed by atoms with van der Waals surface area (Å²) >= 11 is 0. The van der Waals surface area contributed by atoms with Crippen molar-refractivity contribution in [1.82, 2.24) is 15.4 Å². The highest BCUT2D eigenvalue weighted by Crippen LogP contribution is 2.14. The molecule has 0 saturated carbocycles. The Morgan fingerprint density at radius 3 is 2.54 bits per heavy atom. The van der Waals surface area contributed by atoms with Gasteiger partial charge in [0.2, 0.25) is 21.8 Å². The molecule has 1 aromatic rings. The zero-order valence-electron chi connectivity index (χ0n) is 15.0. The average Bonchev–Trinajstić information content (AvgIpc) is 2.60. The Morgan fingerprint density at radius 2 is 1.96 bits per heavy atom. The van der Waals surface area contributed by atoms with Crippen LogP contribution in [0.2, 0.25) is 0 Å². The molecule has 1 heterocycles. The van der Waals surface area contributed by atoms with E-state index in [1.54, 1.807) is 0 Å². The minimum absolute atomic E-state index is 0.0303. The van der Waals surface area contributed by atoms with Gasteiger partial charge in [0, 0.05) is 19.2 Å². The molecule has 0 spiro atoms. The first kappa shape index (κ1) is 20.3. The summed E-state index contributed by atoms with van der Waals surface area (Å²) in [7, 11) is -3.83. The smallest absolute Gasteiger partial charge is 0.241 e. The summed E-state index contributed by atoms with van der Waals surface area (Å²) in [5, 5.41) is 8.65. The van der Waals surface area contributed by atoms with Gasteiger partial charge in [0.05, 0.1) is 10.9 Å². The van der Waals surface area contributed by atoms with Gasteiger partial charge in [0.1, 0.15) is 0 Å². The molecule has 0 bridgehead atoms. The zero-order valence-corrected chi connectivity index (χ0v) is 15.9. The lowest BCUT2D eigenvalue weighted by molar-refractivity contribution is -0.122. The lowest BCUT2D eigenvalue weighted by Gasteiger charge is -2.23. The van der Waals surface area contributed by atoms with Crippen LogP contribution in [0.5, 0.6) is 0 Å². The van der Waals surface area contributed by atoms with Gasteiger partial charge in [-0.05, 0) is 63.0 Å². The Morgan fingerprint density at radius 1 is 1.27 bits per heavy atom. The fourth-order valence-corrected chi connectivity index (χ4v) is 3.97. The lowest BCUT2D eigenvalue weighted by Crippen LogP contribution is -2.47. The number of rotatable bonds is 7. The maximum absolute atomic E-state index is 12.4. The summed E-state index contributed by atoms with van der Waals surface area (Å²) in [6.07, 6.45) is 2.13. The van der Waals surface area contributed by atoms with Gasteiger partial charge in [-0.1, -0.05) is 0 Å². The Kier molecular flexibility index (Phi) is 7.13. The van der Waals surface area contributed by atoms with Crippen LogP contribution in [0.1, 0.15) is 26.7 Å². The molecule has 2 rings (SSSR count). The lowest BCUT2D eigenvalue weighted by atomic mass is 10.00. The Hall–Kier alpha value is -1.97. The average molecular weight is 382 g/mol. The van der Waals surface area contributed by atoms with Gasteiger partial charge in [-0.25, -0.2) is 8.42 Å². The van der Waals surface area contributed by atoms with Crippen molar-refractivity contribution in [3.05, 3.63) is 24.3 Å². The van der Waals surface area contributed by atoms with Crippen molar-refractivity contribution in [3.8, 4) is 0 Å². The molecule has 0 aromatic heterocycles. The predicted octanol–water partition coefficient (Wildman–Crippen LogP) is 0.428. The molecule has 0 aliphatic carbocycles. The van der Waals surface area contributed by atoms with Crippen LogP contribution < -0.4 is 20.7 Å². The molecule has 1 fully saturated rings. The molecule has 1 saturated heterocycles. The molecule has 9 heteroatoms. The highest BCUT2D eigenvalue weighted by atomic mass is 32.2. The number of amides is 2. The van der Waals surface area contributed by atoms with Gasteiger partial charge < -0.3 is 16.0 Å². The van der Waals surface area contributed by atoms with Crippen molar-refractivity contribution >= 4 is 27.5 Å². The minimum atomic E-state index is -3.83. The summed E-state index contributed by atoms with van der Waals surface area (Å²) in [6.45, 7) is 5.28. The largest absolute Gasteiger partial charge is 0.354 e. The molecular weight excluding hydrogens is 356 g/mol.